The summed E-state index contributed by atoms with van der Waals surface area (Å²) in [5.41, 5.74) is 2.65. The van der Waals surface area contributed by atoms with E-state index in [2.05, 4.69) is 33.4 Å². The van der Waals surface area contributed by atoms with Gasteiger partial charge in [-0.2, -0.15) is 0 Å². The fraction of sp³-hybridized carbons (Fsp3) is 0.469. The molecule has 0 aromatic heterocycles. The number of carboxylic acid groups (broad SMARTS) is 1. The lowest BCUT2D eigenvalue weighted by atomic mass is 9.87. The van der Waals surface area contributed by atoms with Crippen LogP contribution < -0.4 is 21.3 Å². The van der Waals surface area contributed by atoms with Gasteiger partial charge < -0.3 is 31.3 Å². The summed E-state index contributed by atoms with van der Waals surface area (Å²) in [6.07, 6.45) is 4.20. The Balaban J connectivity index is 1.35. The van der Waals surface area contributed by atoms with Crippen LogP contribution in [0, 0.1) is 0 Å². The van der Waals surface area contributed by atoms with Crippen molar-refractivity contribution in [3.05, 3.63) is 70.8 Å². The Labute approximate surface area is 261 Å². The lowest BCUT2D eigenvalue weighted by molar-refractivity contribution is -0.141. The van der Waals surface area contributed by atoms with Crippen LogP contribution in [-0.4, -0.2) is 83.0 Å². The standard InChI is InChI=1S/C32H41N5O6S/c1-20(33-2)28(38)36-26(14-5-6-16-34-29(39)22-11-7-12-23(17-22)32(42)43)31(41)37-19-44-18-27(37)30(40)35-25-15-8-10-21-9-3-4-13-24(21)25/h3-4,7,9,11-13,17,20,25-27,33H,5-6,8,10,14-16,18-19H2,1-2H3,(H,34,39)(H,35,40)(H,36,38)(H,42,43). The molecule has 1 aliphatic carbocycles. The Morgan fingerprint density at radius 1 is 1.05 bits per heavy atom. The van der Waals surface area contributed by atoms with Crippen LogP contribution in [0.1, 0.15) is 76.9 Å². The van der Waals surface area contributed by atoms with E-state index in [1.54, 1.807) is 24.9 Å². The third-order valence-corrected chi connectivity index (χ3v) is 9.18. The third-order valence-electron chi connectivity index (χ3n) is 8.17. The second-order valence-corrected chi connectivity index (χ2v) is 12.2. The van der Waals surface area contributed by atoms with Gasteiger partial charge in [-0.25, -0.2) is 4.79 Å². The number of aromatic carboxylic acids is 1. The molecule has 4 atom stereocenters. The number of thioether (sulfide) groups is 1. The monoisotopic (exact) mass is 623 g/mol. The molecular formula is C32H41N5O6S. The molecule has 4 amide bonds. The van der Waals surface area contributed by atoms with Crippen LogP contribution >= 0.6 is 11.8 Å². The molecule has 2 aliphatic rings. The quantitative estimate of drug-likeness (QED) is 0.213. The normalized spacial score (nSPS) is 18.9. The van der Waals surface area contributed by atoms with Crippen LogP contribution in [0.3, 0.4) is 0 Å². The van der Waals surface area contributed by atoms with E-state index in [9.17, 15) is 24.0 Å². The summed E-state index contributed by atoms with van der Waals surface area (Å²) in [4.78, 5) is 65.4. The molecule has 5 N–H and O–H groups in total. The topological polar surface area (TPSA) is 157 Å². The van der Waals surface area contributed by atoms with Crippen molar-refractivity contribution in [2.75, 3.05) is 25.2 Å². The number of amides is 4. The van der Waals surface area contributed by atoms with Gasteiger partial charge in [0.2, 0.25) is 17.7 Å². The number of unbranched alkanes of at least 4 members (excludes halogenated alkanes) is 1. The molecule has 0 radical (unpaired) electrons. The molecule has 4 rings (SSSR count). The van der Waals surface area contributed by atoms with E-state index in [1.165, 1.54) is 35.5 Å². The highest BCUT2D eigenvalue weighted by Gasteiger charge is 2.39. The summed E-state index contributed by atoms with van der Waals surface area (Å²) in [7, 11) is 1.66. The summed E-state index contributed by atoms with van der Waals surface area (Å²) in [6.45, 7) is 2.01. The van der Waals surface area contributed by atoms with Crippen LogP contribution in [0.15, 0.2) is 48.5 Å². The largest absolute Gasteiger partial charge is 0.478 e. The van der Waals surface area contributed by atoms with Gasteiger partial charge in [0.25, 0.3) is 5.91 Å². The highest BCUT2D eigenvalue weighted by molar-refractivity contribution is 7.99. The predicted octanol–water partition coefficient (Wildman–Crippen LogP) is 2.47. The lowest BCUT2D eigenvalue weighted by Crippen LogP contribution is -2.56. The van der Waals surface area contributed by atoms with E-state index in [-0.39, 0.29) is 40.8 Å². The number of nitrogens with zero attached hydrogens (tertiary/aromatic N) is 1. The molecule has 236 valence electrons. The highest BCUT2D eigenvalue weighted by atomic mass is 32.2. The number of rotatable bonds is 13. The van der Waals surface area contributed by atoms with E-state index in [0.717, 1.165) is 24.8 Å². The molecule has 2 aromatic rings. The van der Waals surface area contributed by atoms with Gasteiger partial charge >= 0.3 is 5.97 Å². The second-order valence-electron chi connectivity index (χ2n) is 11.2. The van der Waals surface area contributed by atoms with Gasteiger partial charge in [-0.1, -0.05) is 30.3 Å². The molecule has 1 fully saturated rings. The minimum absolute atomic E-state index is 0.0289. The average molecular weight is 624 g/mol. The van der Waals surface area contributed by atoms with Crippen molar-refractivity contribution in [3.63, 3.8) is 0 Å². The second kappa shape index (κ2) is 15.7. The molecule has 44 heavy (non-hydrogen) atoms. The number of aryl methyl sites for hydroxylation is 1. The van der Waals surface area contributed by atoms with E-state index in [0.29, 0.717) is 37.4 Å². The van der Waals surface area contributed by atoms with Gasteiger partial charge in [0.15, 0.2) is 0 Å². The molecular weight excluding hydrogens is 582 g/mol. The van der Waals surface area contributed by atoms with E-state index >= 15 is 0 Å². The van der Waals surface area contributed by atoms with Gasteiger partial charge in [0.1, 0.15) is 12.1 Å². The molecule has 12 heteroatoms. The number of hydrogen-bond donors (Lipinski definition) is 5. The van der Waals surface area contributed by atoms with Crippen molar-refractivity contribution >= 4 is 41.4 Å². The van der Waals surface area contributed by atoms with Crippen LogP contribution in [0.4, 0.5) is 0 Å². The summed E-state index contributed by atoms with van der Waals surface area (Å²) < 4.78 is 0. The first-order valence-electron chi connectivity index (χ1n) is 15.0. The Kier molecular flexibility index (Phi) is 11.8. The molecule has 1 aliphatic heterocycles. The minimum atomic E-state index is -1.11. The van der Waals surface area contributed by atoms with Gasteiger partial charge in [-0.15, -0.1) is 11.8 Å². The lowest BCUT2D eigenvalue weighted by Gasteiger charge is -2.31. The number of benzene rings is 2. The Bertz CT molecular complexity index is 1370. The summed E-state index contributed by atoms with van der Waals surface area (Å²) in [5, 5.41) is 20.9. The van der Waals surface area contributed by atoms with Gasteiger partial charge in [-0.3, -0.25) is 19.2 Å². The first-order chi connectivity index (χ1) is 21.2. The third kappa shape index (κ3) is 8.38. The number of fused-ring (bicyclic) bond motifs is 1. The van der Waals surface area contributed by atoms with Crippen LogP contribution in [0.5, 0.6) is 0 Å². The summed E-state index contributed by atoms with van der Waals surface area (Å²) in [6, 6.07) is 11.9. The fourth-order valence-electron chi connectivity index (χ4n) is 5.51. The van der Waals surface area contributed by atoms with Crippen molar-refractivity contribution in [2.24, 2.45) is 0 Å². The molecule has 1 saturated heterocycles. The first kappa shape index (κ1) is 33.0. The van der Waals surface area contributed by atoms with E-state index in [1.807, 2.05) is 12.1 Å². The zero-order chi connectivity index (χ0) is 31.6. The van der Waals surface area contributed by atoms with Crippen molar-refractivity contribution < 1.29 is 29.1 Å². The minimum Gasteiger partial charge on any atom is -0.478 e. The molecule has 0 bridgehead atoms. The molecule has 2 aromatic carbocycles. The average Bonchev–Trinajstić information content (AvgIpc) is 3.53. The molecule has 4 unspecified atom stereocenters. The van der Waals surface area contributed by atoms with E-state index in [4.69, 9.17) is 5.11 Å². The van der Waals surface area contributed by atoms with Crippen LogP contribution in [-0.2, 0) is 20.8 Å². The van der Waals surface area contributed by atoms with Crippen molar-refractivity contribution in [1.82, 2.24) is 26.2 Å². The zero-order valence-corrected chi connectivity index (χ0v) is 26.0. The Morgan fingerprint density at radius 3 is 2.59 bits per heavy atom. The maximum atomic E-state index is 13.8. The van der Waals surface area contributed by atoms with Crippen molar-refractivity contribution in [3.8, 4) is 0 Å². The number of likely N-dealkylation sites (N-methyl/N-ethyl adjacent to an activating group) is 1. The number of carboxylic acids is 1. The van der Waals surface area contributed by atoms with E-state index < -0.39 is 24.1 Å². The molecule has 0 saturated carbocycles. The SMILES string of the molecule is CNC(C)C(=O)NC(CCCCNC(=O)c1cccc(C(=O)O)c1)C(=O)N1CSCC1C(=O)NC1CCCc2ccccc21. The van der Waals surface area contributed by atoms with Crippen LogP contribution in [0.2, 0.25) is 0 Å². The van der Waals surface area contributed by atoms with Gasteiger partial charge in [-0.05, 0) is 81.8 Å². The Hall–Kier alpha value is -3.90. The molecule has 11 nitrogen and oxygen atoms in total. The number of nitrogens with one attached hydrogen (secondary N) is 4. The first-order valence-corrected chi connectivity index (χ1v) is 16.2. The number of carbonyl (C=O) groups excluding carboxylic acids is 4. The van der Waals surface area contributed by atoms with Gasteiger partial charge in [0.05, 0.1) is 23.5 Å². The molecule has 1 heterocycles. The molecule has 0 spiro atoms. The van der Waals surface area contributed by atoms with Gasteiger partial charge in [0, 0.05) is 17.9 Å². The summed E-state index contributed by atoms with van der Waals surface area (Å²) >= 11 is 1.51. The summed E-state index contributed by atoms with van der Waals surface area (Å²) in [5.74, 6) is -1.46. The number of carbonyl (C=O) groups is 5. The maximum Gasteiger partial charge on any atom is 0.335 e. The fourth-order valence-corrected chi connectivity index (χ4v) is 6.67. The zero-order valence-electron chi connectivity index (χ0n) is 25.1. The smallest absolute Gasteiger partial charge is 0.335 e. The van der Waals surface area contributed by atoms with Crippen molar-refractivity contribution in [2.45, 2.75) is 69.6 Å². The number of hydrogen-bond acceptors (Lipinski definition) is 7. The highest BCUT2D eigenvalue weighted by Crippen LogP contribution is 2.30. The predicted molar refractivity (Wildman–Crippen MR) is 168 cm³/mol. The maximum absolute atomic E-state index is 13.8. The van der Waals surface area contributed by atoms with Crippen LogP contribution in [0.25, 0.3) is 0 Å². The Morgan fingerprint density at radius 2 is 1.82 bits per heavy atom. The van der Waals surface area contributed by atoms with Crippen molar-refractivity contribution in [1.29, 1.82) is 0 Å².